The Balaban J connectivity index is 2.02. The Bertz CT molecular complexity index is 495. The van der Waals surface area contributed by atoms with Gasteiger partial charge in [-0.2, -0.15) is 0 Å². The fraction of sp³-hybridized carbons (Fsp3) is 0.462. The number of phenolic OH excluding ortho intramolecular Hbond substituents is 1. The SMILES string of the molecule is O=C(CC1CCCC1)Nc1cc([N+](=O)[O-])ccc1O. The smallest absolute Gasteiger partial charge is 0.271 e. The molecule has 0 atom stereocenters. The number of nitrogens with zero attached hydrogens (tertiary/aromatic N) is 1. The molecule has 1 aliphatic rings. The third-order valence-electron chi connectivity index (χ3n) is 3.41. The van der Waals surface area contributed by atoms with E-state index in [1.54, 1.807) is 0 Å². The number of aromatic hydroxyl groups is 1. The molecule has 2 rings (SSSR count). The fourth-order valence-corrected chi connectivity index (χ4v) is 2.42. The van der Waals surface area contributed by atoms with E-state index in [2.05, 4.69) is 5.32 Å². The zero-order valence-corrected chi connectivity index (χ0v) is 10.5. The highest BCUT2D eigenvalue weighted by atomic mass is 16.6. The maximum absolute atomic E-state index is 11.8. The number of carbonyl (C=O) groups excluding carboxylic acids is 1. The van der Waals surface area contributed by atoms with Crippen molar-refractivity contribution in [3.8, 4) is 5.75 Å². The van der Waals surface area contributed by atoms with Crippen molar-refractivity contribution in [1.29, 1.82) is 0 Å². The second-order valence-corrected chi connectivity index (χ2v) is 4.86. The summed E-state index contributed by atoms with van der Waals surface area (Å²) in [6.07, 6.45) is 4.81. The first-order valence-electron chi connectivity index (χ1n) is 6.33. The summed E-state index contributed by atoms with van der Waals surface area (Å²) in [5.74, 6) is 0.0221. The summed E-state index contributed by atoms with van der Waals surface area (Å²) >= 11 is 0. The van der Waals surface area contributed by atoms with Crippen molar-refractivity contribution in [2.24, 2.45) is 5.92 Å². The highest BCUT2D eigenvalue weighted by Crippen LogP contribution is 2.30. The molecule has 0 saturated heterocycles. The van der Waals surface area contributed by atoms with Crippen molar-refractivity contribution >= 4 is 17.3 Å². The third-order valence-corrected chi connectivity index (χ3v) is 3.41. The predicted octanol–water partition coefficient (Wildman–Crippen LogP) is 2.82. The Morgan fingerprint density at radius 3 is 2.74 bits per heavy atom. The van der Waals surface area contributed by atoms with Crippen LogP contribution in [0.5, 0.6) is 5.75 Å². The zero-order chi connectivity index (χ0) is 13.8. The quantitative estimate of drug-likeness (QED) is 0.497. The number of amides is 1. The predicted molar refractivity (Wildman–Crippen MR) is 70.0 cm³/mol. The lowest BCUT2D eigenvalue weighted by atomic mass is 10.0. The minimum absolute atomic E-state index is 0.0946. The summed E-state index contributed by atoms with van der Waals surface area (Å²) in [5, 5.41) is 22.8. The normalized spacial score (nSPS) is 15.4. The molecule has 1 amide bonds. The maximum Gasteiger partial charge on any atom is 0.271 e. The first-order chi connectivity index (χ1) is 9.06. The lowest BCUT2D eigenvalue weighted by Crippen LogP contribution is -2.15. The van der Waals surface area contributed by atoms with Crippen molar-refractivity contribution in [1.82, 2.24) is 0 Å². The summed E-state index contributed by atoms with van der Waals surface area (Å²) in [5.41, 5.74) is -0.0637. The molecule has 19 heavy (non-hydrogen) atoms. The molecule has 0 unspecified atom stereocenters. The molecule has 2 N–H and O–H groups in total. The number of carbonyl (C=O) groups is 1. The van der Waals surface area contributed by atoms with Crippen LogP contribution < -0.4 is 5.32 Å². The molecular formula is C13H16N2O4. The van der Waals surface area contributed by atoms with Crippen molar-refractivity contribution in [3.63, 3.8) is 0 Å². The lowest BCUT2D eigenvalue weighted by molar-refractivity contribution is -0.384. The van der Waals surface area contributed by atoms with Crippen LogP contribution in [0, 0.1) is 16.0 Å². The van der Waals surface area contributed by atoms with Crippen LogP contribution in [0.15, 0.2) is 18.2 Å². The minimum Gasteiger partial charge on any atom is -0.506 e. The molecule has 102 valence electrons. The highest BCUT2D eigenvalue weighted by Gasteiger charge is 2.19. The van der Waals surface area contributed by atoms with Gasteiger partial charge in [-0.25, -0.2) is 0 Å². The summed E-state index contributed by atoms with van der Waals surface area (Å²) in [6, 6.07) is 3.58. The van der Waals surface area contributed by atoms with E-state index in [4.69, 9.17) is 0 Å². The van der Waals surface area contributed by atoms with Crippen LogP contribution in [-0.4, -0.2) is 15.9 Å². The van der Waals surface area contributed by atoms with E-state index in [-0.39, 0.29) is 23.0 Å². The molecule has 0 spiro atoms. The van der Waals surface area contributed by atoms with Gasteiger partial charge in [0.25, 0.3) is 5.69 Å². The van der Waals surface area contributed by atoms with Gasteiger partial charge in [-0.05, 0) is 24.8 Å². The number of hydrogen-bond donors (Lipinski definition) is 2. The number of nitrogens with one attached hydrogen (secondary N) is 1. The highest BCUT2D eigenvalue weighted by molar-refractivity contribution is 5.92. The van der Waals surface area contributed by atoms with E-state index in [1.165, 1.54) is 18.2 Å². The molecule has 0 aliphatic heterocycles. The Kier molecular flexibility index (Phi) is 3.99. The molecule has 0 heterocycles. The summed E-state index contributed by atoms with van der Waals surface area (Å²) in [6.45, 7) is 0. The number of anilines is 1. The Morgan fingerprint density at radius 2 is 2.11 bits per heavy atom. The second kappa shape index (κ2) is 5.69. The van der Waals surface area contributed by atoms with Crippen molar-refractivity contribution in [3.05, 3.63) is 28.3 Å². The fourth-order valence-electron chi connectivity index (χ4n) is 2.42. The van der Waals surface area contributed by atoms with Crippen LogP contribution in [0.1, 0.15) is 32.1 Å². The van der Waals surface area contributed by atoms with Gasteiger partial charge < -0.3 is 10.4 Å². The van der Waals surface area contributed by atoms with Gasteiger partial charge in [0.05, 0.1) is 10.6 Å². The van der Waals surface area contributed by atoms with Crippen molar-refractivity contribution < 1.29 is 14.8 Å². The first-order valence-corrected chi connectivity index (χ1v) is 6.33. The molecule has 0 aromatic heterocycles. The number of benzene rings is 1. The Hall–Kier alpha value is -2.11. The van der Waals surface area contributed by atoms with E-state index in [0.717, 1.165) is 25.7 Å². The van der Waals surface area contributed by atoms with E-state index in [1.807, 2.05) is 0 Å². The number of nitro groups is 1. The number of hydrogen-bond acceptors (Lipinski definition) is 4. The number of nitro benzene ring substituents is 1. The van der Waals surface area contributed by atoms with Gasteiger partial charge in [0.2, 0.25) is 5.91 Å². The van der Waals surface area contributed by atoms with Crippen LogP contribution in [-0.2, 0) is 4.79 Å². The van der Waals surface area contributed by atoms with Gasteiger partial charge in [-0.15, -0.1) is 0 Å². The standard InChI is InChI=1S/C13H16N2O4/c16-12-6-5-10(15(18)19)8-11(12)14-13(17)7-9-3-1-2-4-9/h5-6,8-9,16H,1-4,7H2,(H,14,17). The van der Waals surface area contributed by atoms with Crippen molar-refractivity contribution in [2.75, 3.05) is 5.32 Å². The molecule has 1 fully saturated rings. The third kappa shape index (κ3) is 3.43. The first kappa shape index (κ1) is 13.3. The van der Waals surface area contributed by atoms with Gasteiger partial charge in [-0.1, -0.05) is 12.8 Å². The molecule has 1 aromatic carbocycles. The Morgan fingerprint density at radius 1 is 1.42 bits per heavy atom. The zero-order valence-electron chi connectivity index (χ0n) is 10.5. The molecule has 1 aromatic rings. The topological polar surface area (TPSA) is 92.5 Å². The molecule has 0 bridgehead atoms. The van der Waals surface area contributed by atoms with Crippen LogP contribution in [0.2, 0.25) is 0 Å². The van der Waals surface area contributed by atoms with E-state index in [9.17, 15) is 20.0 Å². The van der Waals surface area contributed by atoms with Crippen LogP contribution in [0.25, 0.3) is 0 Å². The Labute approximate surface area is 110 Å². The molecular weight excluding hydrogens is 248 g/mol. The van der Waals surface area contributed by atoms with Gasteiger partial charge >= 0.3 is 0 Å². The molecule has 6 heteroatoms. The number of non-ortho nitro benzene ring substituents is 1. The van der Waals surface area contributed by atoms with Gasteiger partial charge in [-0.3, -0.25) is 14.9 Å². The summed E-state index contributed by atoms with van der Waals surface area (Å²) in [4.78, 5) is 21.9. The lowest BCUT2D eigenvalue weighted by Gasteiger charge is -2.10. The second-order valence-electron chi connectivity index (χ2n) is 4.86. The average Bonchev–Trinajstić information content (AvgIpc) is 2.84. The van der Waals surface area contributed by atoms with Crippen molar-refractivity contribution in [2.45, 2.75) is 32.1 Å². The largest absolute Gasteiger partial charge is 0.506 e. The molecule has 6 nitrogen and oxygen atoms in total. The van der Waals surface area contributed by atoms with Crippen LogP contribution in [0.3, 0.4) is 0 Å². The van der Waals surface area contributed by atoms with Crippen LogP contribution in [0.4, 0.5) is 11.4 Å². The molecule has 1 aliphatic carbocycles. The van der Waals surface area contributed by atoms with E-state index in [0.29, 0.717) is 12.3 Å². The minimum atomic E-state index is -0.563. The molecule has 0 radical (unpaired) electrons. The summed E-state index contributed by atoms with van der Waals surface area (Å²) in [7, 11) is 0. The monoisotopic (exact) mass is 264 g/mol. The average molecular weight is 264 g/mol. The summed E-state index contributed by atoms with van der Waals surface area (Å²) < 4.78 is 0. The van der Waals surface area contributed by atoms with E-state index >= 15 is 0 Å². The number of rotatable bonds is 4. The van der Waals surface area contributed by atoms with E-state index < -0.39 is 4.92 Å². The maximum atomic E-state index is 11.8. The number of phenols is 1. The molecule has 1 saturated carbocycles. The van der Waals surface area contributed by atoms with Gasteiger partial charge in [0.1, 0.15) is 5.75 Å². The van der Waals surface area contributed by atoms with Gasteiger partial charge in [0, 0.05) is 18.6 Å². The van der Waals surface area contributed by atoms with Crippen LogP contribution >= 0.6 is 0 Å². The van der Waals surface area contributed by atoms with Gasteiger partial charge in [0.15, 0.2) is 0 Å².